The van der Waals surface area contributed by atoms with E-state index in [1.165, 1.54) is 0 Å². The van der Waals surface area contributed by atoms with Crippen molar-refractivity contribution in [1.82, 2.24) is 4.98 Å². The van der Waals surface area contributed by atoms with Gasteiger partial charge in [0.2, 0.25) is 0 Å². The maximum Gasteiger partial charge on any atom is 0.0567 e. The predicted molar refractivity (Wildman–Crippen MR) is 64.4 cm³/mol. The Bertz CT molecular complexity index is 442. The zero-order valence-electron chi connectivity index (χ0n) is 8.10. The molecule has 0 spiro atoms. The standard InChI is InChI=1S/C12H11BrN2/c13-11-6-10(7-15-8-11)12(14)9-4-2-1-3-5-9/h1-8,12H,14H2. The average Bonchev–Trinajstić information content (AvgIpc) is 2.29. The Morgan fingerprint density at radius 2 is 1.80 bits per heavy atom. The van der Waals surface area contributed by atoms with Gasteiger partial charge in [-0.2, -0.15) is 0 Å². The van der Waals surface area contributed by atoms with Crippen LogP contribution in [-0.2, 0) is 0 Å². The second kappa shape index (κ2) is 4.55. The summed E-state index contributed by atoms with van der Waals surface area (Å²) in [6.07, 6.45) is 3.55. The highest BCUT2D eigenvalue weighted by Crippen LogP contribution is 2.20. The second-order valence-corrected chi connectivity index (χ2v) is 4.24. The van der Waals surface area contributed by atoms with E-state index in [4.69, 9.17) is 5.73 Å². The van der Waals surface area contributed by atoms with E-state index in [2.05, 4.69) is 20.9 Å². The second-order valence-electron chi connectivity index (χ2n) is 3.32. The van der Waals surface area contributed by atoms with Crippen molar-refractivity contribution in [3.63, 3.8) is 0 Å². The molecular weight excluding hydrogens is 252 g/mol. The van der Waals surface area contributed by atoms with E-state index >= 15 is 0 Å². The minimum atomic E-state index is -0.115. The number of nitrogens with zero attached hydrogens (tertiary/aromatic N) is 1. The summed E-state index contributed by atoms with van der Waals surface area (Å²) >= 11 is 3.38. The van der Waals surface area contributed by atoms with Crippen LogP contribution in [0.15, 0.2) is 53.3 Å². The van der Waals surface area contributed by atoms with Crippen LogP contribution in [0, 0.1) is 0 Å². The lowest BCUT2D eigenvalue weighted by molar-refractivity contribution is 0.862. The van der Waals surface area contributed by atoms with E-state index in [1.807, 2.05) is 36.4 Å². The van der Waals surface area contributed by atoms with E-state index in [0.717, 1.165) is 15.6 Å². The summed E-state index contributed by atoms with van der Waals surface area (Å²) in [6.45, 7) is 0. The third-order valence-corrected chi connectivity index (χ3v) is 2.68. The third kappa shape index (κ3) is 2.43. The molecular formula is C12H11BrN2. The number of rotatable bonds is 2. The molecule has 1 unspecified atom stereocenters. The minimum Gasteiger partial charge on any atom is -0.320 e. The Hall–Kier alpha value is -1.19. The molecule has 1 aromatic heterocycles. The number of hydrogen-bond acceptors (Lipinski definition) is 2. The van der Waals surface area contributed by atoms with Crippen LogP contribution in [0.4, 0.5) is 0 Å². The van der Waals surface area contributed by atoms with Gasteiger partial charge in [0, 0.05) is 16.9 Å². The van der Waals surface area contributed by atoms with Crippen molar-refractivity contribution in [2.75, 3.05) is 0 Å². The highest BCUT2D eigenvalue weighted by Gasteiger charge is 2.08. The highest BCUT2D eigenvalue weighted by atomic mass is 79.9. The van der Waals surface area contributed by atoms with Gasteiger partial charge >= 0.3 is 0 Å². The number of benzene rings is 1. The van der Waals surface area contributed by atoms with Gasteiger partial charge in [0.1, 0.15) is 0 Å². The molecule has 0 fully saturated rings. The molecule has 2 nitrogen and oxygen atoms in total. The van der Waals surface area contributed by atoms with Crippen LogP contribution in [0.5, 0.6) is 0 Å². The monoisotopic (exact) mass is 262 g/mol. The lowest BCUT2D eigenvalue weighted by Gasteiger charge is -2.11. The van der Waals surface area contributed by atoms with Gasteiger partial charge < -0.3 is 5.73 Å². The number of pyridine rings is 1. The number of aromatic nitrogens is 1. The van der Waals surface area contributed by atoms with Crippen molar-refractivity contribution in [2.24, 2.45) is 5.73 Å². The summed E-state index contributed by atoms with van der Waals surface area (Å²) in [5, 5.41) is 0. The largest absolute Gasteiger partial charge is 0.320 e. The van der Waals surface area contributed by atoms with E-state index in [0.29, 0.717) is 0 Å². The van der Waals surface area contributed by atoms with Crippen LogP contribution in [0.25, 0.3) is 0 Å². The first-order chi connectivity index (χ1) is 7.27. The van der Waals surface area contributed by atoms with Gasteiger partial charge in [-0.15, -0.1) is 0 Å². The highest BCUT2D eigenvalue weighted by molar-refractivity contribution is 9.10. The number of halogens is 1. The molecule has 15 heavy (non-hydrogen) atoms. The Balaban J connectivity index is 2.32. The summed E-state index contributed by atoms with van der Waals surface area (Å²) in [7, 11) is 0. The first-order valence-corrected chi connectivity index (χ1v) is 5.47. The predicted octanol–water partition coefficient (Wildman–Crippen LogP) is 2.89. The third-order valence-electron chi connectivity index (χ3n) is 2.24. The van der Waals surface area contributed by atoms with Gasteiger partial charge in [0.25, 0.3) is 0 Å². The summed E-state index contributed by atoms with van der Waals surface area (Å²) in [5.74, 6) is 0. The van der Waals surface area contributed by atoms with Crippen LogP contribution >= 0.6 is 15.9 Å². The molecule has 1 atom stereocenters. The quantitative estimate of drug-likeness (QED) is 0.904. The Morgan fingerprint density at radius 1 is 1.07 bits per heavy atom. The molecule has 0 aliphatic heterocycles. The van der Waals surface area contributed by atoms with Crippen LogP contribution in [0.2, 0.25) is 0 Å². The molecule has 0 amide bonds. The summed E-state index contributed by atoms with van der Waals surface area (Å²) < 4.78 is 0.950. The molecule has 2 N–H and O–H groups in total. The summed E-state index contributed by atoms with van der Waals surface area (Å²) in [5.41, 5.74) is 8.23. The van der Waals surface area contributed by atoms with E-state index in [-0.39, 0.29) is 6.04 Å². The van der Waals surface area contributed by atoms with Gasteiger partial charge in [-0.1, -0.05) is 30.3 Å². The number of hydrogen-bond donors (Lipinski definition) is 1. The minimum absolute atomic E-state index is 0.115. The van der Waals surface area contributed by atoms with Crippen LogP contribution < -0.4 is 5.73 Å². The zero-order chi connectivity index (χ0) is 10.7. The van der Waals surface area contributed by atoms with E-state index in [1.54, 1.807) is 12.4 Å². The summed E-state index contributed by atoms with van der Waals surface area (Å²) in [6, 6.07) is 11.9. The first kappa shape index (κ1) is 10.3. The van der Waals surface area contributed by atoms with Crippen molar-refractivity contribution < 1.29 is 0 Å². The maximum absolute atomic E-state index is 6.12. The smallest absolute Gasteiger partial charge is 0.0567 e. The lowest BCUT2D eigenvalue weighted by Crippen LogP contribution is -2.11. The fourth-order valence-electron chi connectivity index (χ4n) is 1.45. The van der Waals surface area contributed by atoms with Gasteiger partial charge in [0.05, 0.1) is 6.04 Å². The molecule has 2 rings (SSSR count). The molecule has 2 aromatic rings. The van der Waals surface area contributed by atoms with Gasteiger partial charge in [-0.3, -0.25) is 4.98 Å². The van der Waals surface area contributed by atoms with E-state index in [9.17, 15) is 0 Å². The van der Waals surface area contributed by atoms with E-state index < -0.39 is 0 Å². The molecule has 3 heteroatoms. The molecule has 76 valence electrons. The first-order valence-electron chi connectivity index (χ1n) is 4.68. The Morgan fingerprint density at radius 3 is 2.47 bits per heavy atom. The number of nitrogens with two attached hydrogens (primary N) is 1. The normalized spacial score (nSPS) is 12.4. The molecule has 0 aliphatic rings. The molecule has 0 bridgehead atoms. The van der Waals surface area contributed by atoms with Crippen LogP contribution in [-0.4, -0.2) is 4.98 Å². The topological polar surface area (TPSA) is 38.9 Å². The molecule has 0 radical (unpaired) electrons. The molecule has 1 heterocycles. The molecule has 0 aliphatic carbocycles. The van der Waals surface area contributed by atoms with Crippen molar-refractivity contribution in [3.05, 3.63) is 64.4 Å². The van der Waals surface area contributed by atoms with Crippen molar-refractivity contribution in [2.45, 2.75) is 6.04 Å². The fraction of sp³-hybridized carbons (Fsp3) is 0.0833. The van der Waals surface area contributed by atoms with Gasteiger partial charge in [-0.05, 0) is 33.1 Å². The maximum atomic E-state index is 6.12. The van der Waals surface area contributed by atoms with Crippen LogP contribution in [0.1, 0.15) is 17.2 Å². The molecule has 1 aromatic carbocycles. The molecule has 0 saturated carbocycles. The average molecular weight is 263 g/mol. The van der Waals surface area contributed by atoms with Gasteiger partial charge in [-0.25, -0.2) is 0 Å². The van der Waals surface area contributed by atoms with Crippen molar-refractivity contribution in [3.8, 4) is 0 Å². The Labute approximate surface area is 97.3 Å². The van der Waals surface area contributed by atoms with Gasteiger partial charge in [0.15, 0.2) is 0 Å². The lowest BCUT2D eigenvalue weighted by atomic mass is 10.0. The van der Waals surface area contributed by atoms with Crippen molar-refractivity contribution >= 4 is 15.9 Å². The van der Waals surface area contributed by atoms with Crippen molar-refractivity contribution in [1.29, 1.82) is 0 Å². The Kier molecular flexibility index (Phi) is 3.14. The summed E-state index contributed by atoms with van der Waals surface area (Å²) in [4.78, 5) is 4.10. The zero-order valence-corrected chi connectivity index (χ0v) is 9.68. The fourth-order valence-corrected chi connectivity index (χ4v) is 1.83. The molecule has 0 saturated heterocycles. The SMILES string of the molecule is NC(c1ccccc1)c1cncc(Br)c1. The van der Waals surface area contributed by atoms with Crippen LogP contribution in [0.3, 0.4) is 0 Å².